The van der Waals surface area contributed by atoms with Gasteiger partial charge in [0.1, 0.15) is 0 Å². The van der Waals surface area contributed by atoms with Gasteiger partial charge >= 0.3 is 0 Å². The van der Waals surface area contributed by atoms with Crippen molar-refractivity contribution < 1.29 is 0 Å². The average Bonchev–Trinajstić information content (AvgIpc) is 3.08. The van der Waals surface area contributed by atoms with Crippen LogP contribution in [-0.2, 0) is 6.42 Å². The lowest BCUT2D eigenvalue weighted by molar-refractivity contribution is 0.532. The second-order valence-corrected chi connectivity index (χ2v) is 5.66. The molecular weight excluding hydrogens is 336 g/mol. The fourth-order valence-electron chi connectivity index (χ4n) is 2.36. The first-order valence-corrected chi connectivity index (χ1v) is 12.2. The van der Waals surface area contributed by atoms with Crippen molar-refractivity contribution in [3.8, 4) is 0 Å². The molecule has 1 aliphatic rings. The van der Waals surface area contributed by atoms with Crippen LogP contribution in [0.4, 0.5) is 0 Å². The van der Waals surface area contributed by atoms with Crippen LogP contribution < -0.4 is 0 Å². The van der Waals surface area contributed by atoms with Gasteiger partial charge in [-0.05, 0) is 56.6 Å². The fraction of sp³-hybridized carbons (Fsp3) is 0.714. The maximum absolute atomic E-state index is 2.35. The Morgan fingerprint density at radius 3 is 1.64 bits per heavy atom. The van der Waals surface area contributed by atoms with Crippen LogP contribution in [0.3, 0.4) is 0 Å². The SMILES string of the molecule is C/C=C(\C)CC.CC.CC.CC.CC.CC.Cc1ccc2c(c1)C(C)[C@H](C)C2. The molecule has 0 saturated carbocycles. The number of benzene rings is 1. The van der Waals surface area contributed by atoms with E-state index in [2.05, 4.69) is 65.8 Å². The van der Waals surface area contributed by atoms with Crippen LogP contribution in [0.1, 0.15) is 133 Å². The largest absolute Gasteiger partial charge is 0.0887 e. The lowest BCUT2D eigenvalue weighted by Crippen LogP contribution is -1.97. The van der Waals surface area contributed by atoms with E-state index < -0.39 is 0 Å². The molecule has 1 unspecified atom stereocenters. The van der Waals surface area contributed by atoms with Crippen molar-refractivity contribution >= 4 is 0 Å². The number of allylic oxidation sites excluding steroid dienone is 2. The topological polar surface area (TPSA) is 0 Å². The minimum absolute atomic E-state index is 0.764. The van der Waals surface area contributed by atoms with Gasteiger partial charge in [0.2, 0.25) is 0 Å². The highest BCUT2D eigenvalue weighted by atomic mass is 14.3. The third-order valence-electron chi connectivity index (χ3n) is 4.24. The molecule has 0 saturated heterocycles. The Morgan fingerprint density at radius 2 is 1.32 bits per heavy atom. The van der Waals surface area contributed by atoms with Gasteiger partial charge in [-0.25, -0.2) is 0 Å². The first-order chi connectivity index (χ1) is 13.5. The fourth-order valence-corrected chi connectivity index (χ4v) is 2.36. The molecule has 28 heavy (non-hydrogen) atoms. The summed E-state index contributed by atoms with van der Waals surface area (Å²) in [4.78, 5) is 0. The van der Waals surface area contributed by atoms with E-state index in [0.29, 0.717) is 0 Å². The summed E-state index contributed by atoms with van der Waals surface area (Å²) in [5, 5.41) is 0. The molecule has 0 nitrogen and oxygen atoms in total. The van der Waals surface area contributed by atoms with E-state index >= 15 is 0 Å². The smallest absolute Gasteiger partial charge is 0.0159 e. The maximum atomic E-state index is 2.35. The van der Waals surface area contributed by atoms with Crippen LogP contribution in [0, 0.1) is 12.8 Å². The van der Waals surface area contributed by atoms with Crippen LogP contribution in [0.15, 0.2) is 29.8 Å². The predicted molar refractivity (Wildman–Crippen MR) is 139 cm³/mol. The summed E-state index contributed by atoms with van der Waals surface area (Å²) in [6.45, 7) is 33.2. The van der Waals surface area contributed by atoms with Crippen LogP contribution in [0.5, 0.6) is 0 Å². The molecule has 0 spiro atoms. The number of rotatable bonds is 1. The van der Waals surface area contributed by atoms with Crippen molar-refractivity contribution in [2.45, 2.75) is 130 Å². The monoisotopic (exact) mass is 394 g/mol. The summed E-state index contributed by atoms with van der Waals surface area (Å²) in [5.74, 6) is 1.60. The highest BCUT2D eigenvalue weighted by molar-refractivity contribution is 5.38. The van der Waals surface area contributed by atoms with Gasteiger partial charge in [0.05, 0.1) is 0 Å². The van der Waals surface area contributed by atoms with Gasteiger partial charge in [0, 0.05) is 0 Å². The Morgan fingerprint density at radius 1 is 0.893 bits per heavy atom. The molecule has 0 N–H and O–H groups in total. The molecule has 0 radical (unpaired) electrons. The maximum Gasteiger partial charge on any atom is -0.0159 e. The summed E-state index contributed by atoms with van der Waals surface area (Å²) in [6.07, 6.45) is 4.60. The molecule has 0 amide bonds. The van der Waals surface area contributed by atoms with Crippen molar-refractivity contribution in [2.24, 2.45) is 5.92 Å². The molecule has 0 heterocycles. The van der Waals surface area contributed by atoms with E-state index in [4.69, 9.17) is 0 Å². The van der Waals surface area contributed by atoms with E-state index in [0.717, 1.165) is 11.8 Å². The molecule has 1 aromatic rings. The summed E-state index contributed by atoms with van der Waals surface area (Å²) >= 11 is 0. The van der Waals surface area contributed by atoms with Crippen LogP contribution in [0.25, 0.3) is 0 Å². The highest BCUT2D eigenvalue weighted by Crippen LogP contribution is 2.37. The minimum atomic E-state index is 0.764. The number of hydrogen-bond acceptors (Lipinski definition) is 0. The first-order valence-electron chi connectivity index (χ1n) is 12.2. The van der Waals surface area contributed by atoms with Gasteiger partial charge in [-0.15, -0.1) is 0 Å². The Balaban J connectivity index is -0.0000000945. The van der Waals surface area contributed by atoms with Crippen LogP contribution in [-0.4, -0.2) is 0 Å². The Hall–Kier alpha value is -1.04. The highest BCUT2D eigenvalue weighted by Gasteiger charge is 2.24. The lowest BCUT2D eigenvalue weighted by Gasteiger charge is -2.09. The van der Waals surface area contributed by atoms with E-state index in [1.54, 1.807) is 11.1 Å². The zero-order valence-corrected chi connectivity index (χ0v) is 22.9. The zero-order chi connectivity index (χ0) is 23.7. The van der Waals surface area contributed by atoms with Crippen molar-refractivity contribution in [1.82, 2.24) is 0 Å². The second kappa shape index (κ2) is 30.7. The Kier molecular flexibility index (Phi) is 41.3. The minimum Gasteiger partial charge on any atom is -0.0887 e. The molecular formula is C28H58. The van der Waals surface area contributed by atoms with Crippen molar-refractivity contribution in [1.29, 1.82) is 0 Å². The summed E-state index contributed by atoms with van der Waals surface area (Å²) < 4.78 is 0. The summed E-state index contributed by atoms with van der Waals surface area (Å²) in [5.41, 5.74) is 6.02. The molecule has 0 bridgehead atoms. The summed E-state index contributed by atoms with van der Waals surface area (Å²) in [7, 11) is 0. The third-order valence-corrected chi connectivity index (χ3v) is 4.24. The van der Waals surface area contributed by atoms with Gasteiger partial charge in [0.25, 0.3) is 0 Å². The van der Waals surface area contributed by atoms with E-state index in [1.165, 1.54) is 24.0 Å². The van der Waals surface area contributed by atoms with Gasteiger partial charge < -0.3 is 0 Å². The third kappa shape index (κ3) is 18.3. The zero-order valence-electron chi connectivity index (χ0n) is 22.9. The second-order valence-electron chi connectivity index (χ2n) is 5.66. The van der Waals surface area contributed by atoms with Crippen molar-refractivity contribution in [3.63, 3.8) is 0 Å². The lowest BCUT2D eigenvalue weighted by atomic mass is 9.96. The Labute approximate surface area is 182 Å². The first kappa shape index (κ1) is 37.7. The predicted octanol–water partition coefficient (Wildman–Crippen LogP) is 10.8. The molecule has 1 aliphatic carbocycles. The Bertz CT molecular complexity index is 412. The van der Waals surface area contributed by atoms with Crippen LogP contribution >= 0.6 is 0 Å². The molecule has 0 aromatic heterocycles. The quantitative estimate of drug-likeness (QED) is 0.415. The van der Waals surface area contributed by atoms with Crippen molar-refractivity contribution in [2.75, 3.05) is 0 Å². The molecule has 2 rings (SSSR count). The molecule has 0 heteroatoms. The molecule has 0 fully saturated rings. The van der Waals surface area contributed by atoms with Crippen LogP contribution in [0.2, 0.25) is 0 Å². The molecule has 0 aliphatic heterocycles. The van der Waals surface area contributed by atoms with E-state index in [9.17, 15) is 0 Å². The van der Waals surface area contributed by atoms with E-state index in [-0.39, 0.29) is 0 Å². The van der Waals surface area contributed by atoms with Gasteiger partial charge in [-0.3, -0.25) is 0 Å². The molecule has 2 atom stereocenters. The number of aryl methyl sites for hydroxylation is 1. The average molecular weight is 395 g/mol. The van der Waals surface area contributed by atoms with Gasteiger partial charge in [0.15, 0.2) is 0 Å². The van der Waals surface area contributed by atoms with Gasteiger partial charge in [-0.1, -0.05) is 125 Å². The standard InChI is InChI=1S/C12H16.C6H12.5C2H6/c1-8-4-5-11-7-9(2)10(3)12(11)6-8;1-4-6(3)5-2;5*1-2/h4-6,9-10H,7H2,1-3H3;4H,5H2,1-3H3;5*1-2H3/b;6-4+;;;;;/t9-,10?;;;;;;/m1....../s1. The molecule has 1 aromatic carbocycles. The molecule has 170 valence electrons. The normalized spacial score (nSPS) is 15.4. The van der Waals surface area contributed by atoms with Crippen molar-refractivity contribution in [3.05, 3.63) is 46.5 Å². The van der Waals surface area contributed by atoms with Gasteiger partial charge in [-0.2, -0.15) is 0 Å². The number of fused-ring (bicyclic) bond motifs is 1. The number of hydrogen-bond donors (Lipinski definition) is 0. The van der Waals surface area contributed by atoms with E-state index in [1.807, 2.05) is 69.2 Å². The summed E-state index contributed by atoms with van der Waals surface area (Å²) in [6, 6.07) is 6.87.